The highest BCUT2D eigenvalue weighted by Crippen LogP contribution is 2.48. The van der Waals surface area contributed by atoms with Crippen LogP contribution in [0.3, 0.4) is 0 Å². The van der Waals surface area contributed by atoms with Crippen molar-refractivity contribution in [3.63, 3.8) is 0 Å². The molecule has 20 heavy (non-hydrogen) atoms. The number of carbonyl (C=O) groups excluding carboxylic acids is 1. The lowest BCUT2D eigenvalue weighted by molar-refractivity contribution is -0.140. The normalized spacial score (nSPS) is 26.4. The fourth-order valence-corrected chi connectivity index (χ4v) is 3.15. The number of rotatable bonds is 5. The lowest BCUT2D eigenvalue weighted by Crippen LogP contribution is -2.55. The molecule has 2 aliphatic rings. The first kappa shape index (κ1) is 13.2. The van der Waals surface area contributed by atoms with Gasteiger partial charge in [-0.3, -0.25) is 9.59 Å². The second-order valence-electron chi connectivity index (χ2n) is 6.05. The number of hydrogen-bond donors (Lipinski definition) is 2. The van der Waals surface area contributed by atoms with Gasteiger partial charge in [-0.2, -0.15) is 0 Å². The van der Waals surface area contributed by atoms with Gasteiger partial charge >= 0.3 is 5.97 Å². The molecule has 1 aromatic carbocycles. The lowest BCUT2D eigenvalue weighted by Gasteiger charge is -2.41. The highest BCUT2D eigenvalue weighted by Gasteiger charge is 2.48. The van der Waals surface area contributed by atoms with Crippen molar-refractivity contribution in [2.24, 2.45) is 5.92 Å². The summed E-state index contributed by atoms with van der Waals surface area (Å²) in [6.07, 6.45) is 3.49. The van der Waals surface area contributed by atoms with Crippen LogP contribution in [-0.4, -0.2) is 22.5 Å². The summed E-state index contributed by atoms with van der Waals surface area (Å²) in [6, 6.07) is 10.0. The molecule has 106 valence electrons. The second kappa shape index (κ2) is 4.93. The van der Waals surface area contributed by atoms with Gasteiger partial charge in [0.25, 0.3) is 0 Å². The number of hydrogen-bond acceptors (Lipinski definition) is 2. The van der Waals surface area contributed by atoms with Crippen LogP contribution in [0.2, 0.25) is 0 Å². The van der Waals surface area contributed by atoms with Gasteiger partial charge in [-0.05, 0) is 37.2 Å². The van der Waals surface area contributed by atoms with Crippen LogP contribution in [0.25, 0.3) is 0 Å². The highest BCUT2D eigenvalue weighted by molar-refractivity contribution is 5.84. The Morgan fingerprint density at radius 2 is 1.95 bits per heavy atom. The van der Waals surface area contributed by atoms with Gasteiger partial charge in [0, 0.05) is 5.92 Å². The Hall–Kier alpha value is -1.84. The Kier molecular flexibility index (Phi) is 3.24. The number of carbonyl (C=O) groups is 2. The summed E-state index contributed by atoms with van der Waals surface area (Å²) in [7, 11) is 0. The molecule has 1 aromatic rings. The third-order valence-corrected chi connectivity index (χ3v) is 4.54. The predicted molar refractivity (Wildman–Crippen MR) is 74.3 cm³/mol. The zero-order chi connectivity index (χ0) is 14.2. The first-order valence-electron chi connectivity index (χ1n) is 7.18. The zero-order valence-corrected chi connectivity index (χ0v) is 11.3. The van der Waals surface area contributed by atoms with Crippen molar-refractivity contribution < 1.29 is 14.7 Å². The van der Waals surface area contributed by atoms with Crippen LogP contribution in [0.15, 0.2) is 30.3 Å². The molecule has 2 saturated carbocycles. The number of benzene rings is 1. The van der Waals surface area contributed by atoms with Gasteiger partial charge in [0.15, 0.2) is 0 Å². The zero-order valence-electron chi connectivity index (χ0n) is 11.3. The van der Waals surface area contributed by atoms with E-state index in [2.05, 4.69) is 5.32 Å². The SMILES string of the molecule is O=C(O)CC1(NC(=O)C2CC2c2ccccc2)CCC1. The van der Waals surface area contributed by atoms with E-state index in [0.717, 1.165) is 25.7 Å². The minimum Gasteiger partial charge on any atom is -0.481 e. The Balaban J connectivity index is 1.60. The average Bonchev–Trinajstić information content (AvgIpc) is 3.17. The maximum Gasteiger partial charge on any atom is 0.305 e. The van der Waals surface area contributed by atoms with Crippen LogP contribution < -0.4 is 5.32 Å². The van der Waals surface area contributed by atoms with Gasteiger partial charge in [-0.15, -0.1) is 0 Å². The Morgan fingerprint density at radius 3 is 2.50 bits per heavy atom. The molecule has 2 fully saturated rings. The van der Waals surface area contributed by atoms with Gasteiger partial charge < -0.3 is 10.4 Å². The summed E-state index contributed by atoms with van der Waals surface area (Å²) >= 11 is 0. The molecule has 0 heterocycles. The van der Waals surface area contributed by atoms with Gasteiger partial charge in [-0.25, -0.2) is 0 Å². The van der Waals surface area contributed by atoms with E-state index in [1.165, 1.54) is 5.56 Å². The molecular weight excluding hydrogens is 254 g/mol. The van der Waals surface area contributed by atoms with E-state index < -0.39 is 11.5 Å². The first-order chi connectivity index (χ1) is 9.60. The standard InChI is InChI=1S/C16H19NO3/c18-14(19)10-16(7-4-8-16)17-15(20)13-9-12(13)11-5-2-1-3-6-11/h1-3,5-6,12-13H,4,7-10H2,(H,17,20)(H,18,19). The van der Waals surface area contributed by atoms with Crippen molar-refractivity contribution in [1.82, 2.24) is 5.32 Å². The van der Waals surface area contributed by atoms with Crippen LogP contribution in [0, 0.1) is 5.92 Å². The summed E-state index contributed by atoms with van der Waals surface area (Å²) in [4.78, 5) is 23.2. The summed E-state index contributed by atoms with van der Waals surface area (Å²) in [5.41, 5.74) is 0.723. The summed E-state index contributed by atoms with van der Waals surface area (Å²) in [6.45, 7) is 0. The van der Waals surface area contributed by atoms with Gasteiger partial charge in [0.05, 0.1) is 12.0 Å². The molecule has 2 aliphatic carbocycles. The molecular formula is C16H19NO3. The lowest BCUT2D eigenvalue weighted by atomic mass is 9.74. The third kappa shape index (κ3) is 2.55. The van der Waals surface area contributed by atoms with Crippen LogP contribution >= 0.6 is 0 Å². The molecule has 3 rings (SSSR count). The van der Waals surface area contributed by atoms with Crippen LogP contribution in [-0.2, 0) is 9.59 Å². The smallest absolute Gasteiger partial charge is 0.305 e. The number of aliphatic carboxylic acids is 1. The van der Waals surface area contributed by atoms with E-state index in [9.17, 15) is 9.59 Å². The molecule has 2 N–H and O–H groups in total. The molecule has 0 aliphatic heterocycles. The van der Waals surface area contributed by atoms with Crippen LogP contribution in [0.4, 0.5) is 0 Å². The number of nitrogens with one attached hydrogen (secondary N) is 1. The summed E-state index contributed by atoms with van der Waals surface area (Å²) in [5.74, 6) is -0.484. The van der Waals surface area contributed by atoms with Gasteiger partial charge in [0.1, 0.15) is 0 Å². The van der Waals surface area contributed by atoms with E-state index in [1.807, 2.05) is 30.3 Å². The maximum absolute atomic E-state index is 12.3. The van der Waals surface area contributed by atoms with E-state index in [-0.39, 0.29) is 18.2 Å². The molecule has 4 nitrogen and oxygen atoms in total. The number of carboxylic acid groups (broad SMARTS) is 1. The van der Waals surface area contributed by atoms with Crippen molar-refractivity contribution >= 4 is 11.9 Å². The second-order valence-corrected chi connectivity index (χ2v) is 6.05. The van der Waals surface area contributed by atoms with E-state index >= 15 is 0 Å². The molecule has 0 spiro atoms. The molecule has 0 aromatic heterocycles. The fraction of sp³-hybridized carbons (Fsp3) is 0.500. The minimum atomic E-state index is -0.833. The Bertz CT molecular complexity index is 522. The molecule has 2 unspecified atom stereocenters. The Morgan fingerprint density at radius 1 is 1.25 bits per heavy atom. The van der Waals surface area contributed by atoms with Gasteiger partial charge in [-0.1, -0.05) is 30.3 Å². The van der Waals surface area contributed by atoms with Crippen molar-refractivity contribution in [2.45, 2.75) is 43.6 Å². The van der Waals surface area contributed by atoms with Crippen molar-refractivity contribution in [2.75, 3.05) is 0 Å². The maximum atomic E-state index is 12.3. The number of amides is 1. The topological polar surface area (TPSA) is 66.4 Å². The predicted octanol–water partition coefficient (Wildman–Crippen LogP) is 2.30. The third-order valence-electron chi connectivity index (χ3n) is 4.54. The summed E-state index contributed by atoms with van der Waals surface area (Å²) in [5, 5.41) is 12.0. The van der Waals surface area contributed by atoms with Crippen LogP contribution in [0.1, 0.15) is 43.6 Å². The minimum absolute atomic E-state index is 0.0173. The van der Waals surface area contributed by atoms with E-state index in [1.54, 1.807) is 0 Å². The van der Waals surface area contributed by atoms with E-state index in [0.29, 0.717) is 5.92 Å². The van der Waals surface area contributed by atoms with Crippen molar-refractivity contribution in [1.29, 1.82) is 0 Å². The van der Waals surface area contributed by atoms with Crippen molar-refractivity contribution in [3.05, 3.63) is 35.9 Å². The fourth-order valence-electron chi connectivity index (χ4n) is 3.15. The quantitative estimate of drug-likeness (QED) is 0.865. The molecule has 4 heteroatoms. The molecule has 1 amide bonds. The van der Waals surface area contributed by atoms with Crippen molar-refractivity contribution in [3.8, 4) is 0 Å². The van der Waals surface area contributed by atoms with Gasteiger partial charge in [0.2, 0.25) is 5.91 Å². The Labute approximate surface area is 118 Å². The highest BCUT2D eigenvalue weighted by atomic mass is 16.4. The molecule has 0 saturated heterocycles. The largest absolute Gasteiger partial charge is 0.481 e. The molecule has 0 radical (unpaired) electrons. The first-order valence-corrected chi connectivity index (χ1v) is 7.18. The molecule has 0 bridgehead atoms. The monoisotopic (exact) mass is 273 g/mol. The summed E-state index contributed by atoms with van der Waals surface area (Å²) < 4.78 is 0. The number of carboxylic acids is 1. The molecule has 2 atom stereocenters. The van der Waals surface area contributed by atoms with Crippen LogP contribution in [0.5, 0.6) is 0 Å². The average molecular weight is 273 g/mol. The van der Waals surface area contributed by atoms with E-state index in [4.69, 9.17) is 5.11 Å².